The number of rotatable bonds is 10. The van der Waals surface area contributed by atoms with Crippen molar-refractivity contribution < 1.29 is 14.0 Å². The Morgan fingerprint density at radius 3 is 2.05 bits per heavy atom. The van der Waals surface area contributed by atoms with Gasteiger partial charge in [-0.1, -0.05) is 19.9 Å². The Morgan fingerprint density at radius 1 is 0.919 bits per heavy atom. The number of carbonyl (C=O) groups is 2. The predicted molar refractivity (Wildman–Crippen MR) is 142 cm³/mol. The molecule has 9 nitrogen and oxygen atoms in total. The van der Waals surface area contributed by atoms with Crippen molar-refractivity contribution in [2.24, 2.45) is 25.4 Å². The van der Waals surface area contributed by atoms with Gasteiger partial charge in [0.05, 0.1) is 17.7 Å². The Kier molecular flexibility index (Phi) is 7.52. The minimum absolute atomic E-state index is 0.199. The summed E-state index contributed by atoms with van der Waals surface area (Å²) in [6, 6.07) is 11.5. The molecule has 3 aromatic heterocycles. The molecule has 2 N–H and O–H groups in total. The molecule has 1 aromatic carbocycles. The van der Waals surface area contributed by atoms with E-state index in [-0.39, 0.29) is 37.1 Å². The summed E-state index contributed by atoms with van der Waals surface area (Å²) in [5.41, 5.74) is 3.59. The van der Waals surface area contributed by atoms with Crippen molar-refractivity contribution in [1.29, 1.82) is 0 Å². The minimum Gasteiger partial charge on any atom is -0.464 e. The molecule has 0 radical (unpaired) electrons. The van der Waals surface area contributed by atoms with Gasteiger partial charge in [0.1, 0.15) is 11.0 Å². The zero-order valence-electron chi connectivity index (χ0n) is 22.5. The third kappa shape index (κ3) is 5.76. The predicted octanol–water partition coefficient (Wildman–Crippen LogP) is 3.38. The fourth-order valence-electron chi connectivity index (χ4n) is 4.71. The van der Waals surface area contributed by atoms with E-state index >= 15 is 0 Å². The van der Waals surface area contributed by atoms with Crippen LogP contribution in [0.3, 0.4) is 0 Å². The largest absolute Gasteiger partial charge is 0.464 e. The Balaban J connectivity index is 1.72. The number of nitrogens with zero attached hydrogens (tertiary/aromatic N) is 4. The highest BCUT2D eigenvalue weighted by Crippen LogP contribution is 2.30. The van der Waals surface area contributed by atoms with Gasteiger partial charge in [-0.3, -0.25) is 19.0 Å². The zero-order valence-corrected chi connectivity index (χ0v) is 22.5. The minimum atomic E-state index is -1.41. The lowest BCUT2D eigenvalue weighted by Gasteiger charge is -2.32. The average Bonchev–Trinajstić information content (AvgIpc) is 3.52. The first-order chi connectivity index (χ1) is 17.6. The maximum absolute atomic E-state index is 14.1. The molecule has 0 aliphatic rings. The van der Waals surface area contributed by atoms with Gasteiger partial charge < -0.3 is 15.1 Å². The van der Waals surface area contributed by atoms with E-state index in [2.05, 4.69) is 20.8 Å². The molecule has 196 valence electrons. The first kappa shape index (κ1) is 26.2. The van der Waals surface area contributed by atoms with Crippen LogP contribution >= 0.6 is 0 Å². The van der Waals surface area contributed by atoms with Crippen LogP contribution in [0.5, 0.6) is 0 Å². The third-order valence-electron chi connectivity index (χ3n) is 6.67. The quantitative estimate of drug-likeness (QED) is 0.322. The molecule has 2 amide bonds. The van der Waals surface area contributed by atoms with Crippen LogP contribution in [0.4, 0.5) is 0 Å². The van der Waals surface area contributed by atoms with Crippen LogP contribution < -0.4 is 10.6 Å². The topological polar surface area (TPSA) is 107 Å². The van der Waals surface area contributed by atoms with Gasteiger partial charge in [0.15, 0.2) is 0 Å². The van der Waals surface area contributed by atoms with E-state index in [1.165, 1.54) is 0 Å². The van der Waals surface area contributed by atoms with E-state index in [4.69, 9.17) is 4.42 Å². The highest BCUT2D eigenvalue weighted by atomic mass is 16.3. The van der Waals surface area contributed by atoms with Gasteiger partial charge >= 0.3 is 0 Å². The smallest absolute Gasteiger partial charge is 0.236 e. The first-order valence-electron chi connectivity index (χ1n) is 12.6. The van der Waals surface area contributed by atoms with Gasteiger partial charge in [-0.05, 0) is 55.7 Å². The van der Waals surface area contributed by atoms with E-state index in [1.807, 2.05) is 78.2 Å². The summed E-state index contributed by atoms with van der Waals surface area (Å²) in [5, 5.41) is 16.0. The van der Waals surface area contributed by atoms with Gasteiger partial charge in [-0.15, -0.1) is 0 Å². The van der Waals surface area contributed by atoms with Crippen molar-refractivity contribution in [3.63, 3.8) is 0 Å². The number of furan rings is 1. The molecule has 3 heterocycles. The normalized spacial score (nSPS) is 11.9. The fourth-order valence-corrected chi connectivity index (χ4v) is 4.71. The molecule has 0 aliphatic heterocycles. The molecule has 0 atom stereocenters. The number of nitrogens with one attached hydrogen (secondary N) is 2. The van der Waals surface area contributed by atoms with E-state index in [0.29, 0.717) is 6.54 Å². The standard InChI is InChI=1S/C28H36N6O3/c1-18(2)16-29-26(35)28(14-23-11-19(3)31-33(23)5,15-24-12-20(4)32-34(24)6)27(36)30-17-21-7-8-25-22(13-21)9-10-37-25/h7-13,18H,14-17H2,1-6H3,(H,29,35)(H,30,36). The van der Waals surface area contributed by atoms with Gasteiger partial charge in [0.2, 0.25) is 11.8 Å². The average molecular weight is 505 g/mol. The molecule has 4 rings (SSSR count). The maximum atomic E-state index is 14.1. The second-order valence-corrected chi connectivity index (χ2v) is 10.3. The van der Waals surface area contributed by atoms with Crippen LogP contribution in [-0.4, -0.2) is 37.9 Å². The number of hydrogen-bond donors (Lipinski definition) is 2. The van der Waals surface area contributed by atoms with E-state index < -0.39 is 5.41 Å². The summed E-state index contributed by atoms with van der Waals surface area (Å²) < 4.78 is 8.92. The molecule has 37 heavy (non-hydrogen) atoms. The molecule has 0 unspecified atom stereocenters. The van der Waals surface area contributed by atoms with Gasteiger partial charge in [-0.2, -0.15) is 10.2 Å². The second kappa shape index (κ2) is 10.6. The number of carbonyl (C=O) groups excluding carboxylic acids is 2. The Morgan fingerprint density at radius 2 is 1.51 bits per heavy atom. The summed E-state index contributed by atoms with van der Waals surface area (Å²) >= 11 is 0. The number of aryl methyl sites for hydroxylation is 4. The van der Waals surface area contributed by atoms with Crippen LogP contribution in [-0.2, 0) is 43.1 Å². The lowest BCUT2D eigenvalue weighted by molar-refractivity contribution is -0.144. The number of hydrogen-bond acceptors (Lipinski definition) is 5. The molecule has 9 heteroatoms. The van der Waals surface area contributed by atoms with Crippen molar-refractivity contribution in [2.45, 2.75) is 47.1 Å². The monoisotopic (exact) mass is 504 g/mol. The molecule has 4 aromatic rings. The lowest BCUT2D eigenvalue weighted by atomic mass is 9.76. The Hall–Kier alpha value is -3.88. The van der Waals surface area contributed by atoms with Crippen molar-refractivity contribution in [2.75, 3.05) is 6.54 Å². The summed E-state index contributed by atoms with van der Waals surface area (Å²) in [6.45, 7) is 8.63. The SMILES string of the molecule is Cc1cc(CC(Cc2cc(C)nn2C)(C(=O)NCc2ccc3occc3c2)C(=O)NCC(C)C)n(C)n1. The fraction of sp³-hybridized carbons (Fsp3) is 0.429. The van der Waals surface area contributed by atoms with Crippen molar-refractivity contribution in [3.8, 4) is 0 Å². The Bertz CT molecular complexity index is 1360. The van der Waals surface area contributed by atoms with Crippen molar-refractivity contribution >= 4 is 22.8 Å². The van der Waals surface area contributed by atoms with Crippen LogP contribution in [0.15, 0.2) is 47.1 Å². The van der Waals surface area contributed by atoms with Gasteiger partial charge in [-0.25, -0.2) is 0 Å². The molecular weight excluding hydrogens is 468 g/mol. The number of amides is 2. The van der Waals surface area contributed by atoms with E-state index in [0.717, 1.165) is 39.3 Å². The van der Waals surface area contributed by atoms with E-state index in [1.54, 1.807) is 15.6 Å². The molecule has 0 aliphatic carbocycles. The summed E-state index contributed by atoms with van der Waals surface area (Å²) in [5.74, 6) is -0.398. The maximum Gasteiger partial charge on any atom is 0.236 e. The van der Waals surface area contributed by atoms with E-state index in [9.17, 15) is 9.59 Å². The number of aromatic nitrogens is 4. The third-order valence-corrected chi connectivity index (χ3v) is 6.67. The molecule has 0 saturated carbocycles. The second-order valence-electron chi connectivity index (χ2n) is 10.3. The number of fused-ring (bicyclic) bond motifs is 1. The lowest BCUT2D eigenvalue weighted by Crippen LogP contribution is -2.55. The van der Waals surface area contributed by atoms with Crippen LogP contribution in [0.2, 0.25) is 0 Å². The summed E-state index contributed by atoms with van der Waals surface area (Å²) in [4.78, 5) is 28.1. The summed E-state index contributed by atoms with van der Waals surface area (Å²) in [6.07, 6.45) is 2.04. The Labute approximate surface area is 217 Å². The van der Waals surface area contributed by atoms with Gasteiger partial charge in [0, 0.05) is 56.8 Å². The molecule has 0 spiro atoms. The zero-order chi connectivity index (χ0) is 26.7. The van der Waals surface area contributed by atoms with Crippen molar-refractivity contribution in [3.05, 3.63) is 71.0 Å². The molecule has 0 bridgehead atoms. The van der Waals surface area contributed by atoms with Crippen LogP contribution in [0.25, 0.3) is 11.0 Å². The highest BCUT2D eigenvalue weighted by Gasteiger charge is 2.47. The van der Waals surface area contributed by atoms with Crippen LogP contribution in [0.1, 0.15) is 42.2 Å². The van der Waals surface area contributed by atoms with Crippen molar-refractivity contribution in [1.82, 2.24) is 30.2 Å². The first-order valence-corrected chi connectivity index (χ1v) is 12.6. The van der Waals surface area contributed by atoms with Gasteiger partial charge in [0.25, 0.3) is 0 Å². The number of benzene rings is 1. The van der Waals surface area contributed by atoms with Crippen LogP contribution in [0, 0.1) is 25.2 Å². The molecule has 0 fully saturated rings. The highest BCUT2D eigenvalue weighted by molar-refractivity contribution is 6.05. The molecular formula is C28H36N6O3. The molecule has 0 saturated heterocycles. The summed E-state index contributed by atoms with van der Waals surface area (Å²) in [7, 11) is 3.68.